The van der Waals surface area contributed by atoms with Crippen molar-refractivity contribution in [3.63, 3.8) is 0 Å². The summed E-state index contributed by atoms with van der Waals surface area (Å²) in [5.74, 6) is 0.206. The first-order valence-corrected chi connectivity index (χ1v) is 9.94. The molecule has 0 aliphatic carbocycles. The maximum Gasteiger partial charge on any atom is 0.340 e. The molecule has 0 amide bonds. The molecule has 0 radical (unpaired) electrons. The molecule has 0 aliphatic heterocycles. The normalized spacial score (nSPS) is 11.4. The van der Waals surface area contributed by atoms with Gasteiger partial charge in [-0.2, -0.15) is 0 Å². The fraction of sp³-hybridized carbons (Fsp3) is 0.0870. The van der Waals surface area contributed by atoms with Crippen molar-refractivity contribution in [2.75, 3.05) is 0 Å². The Balaban J connectivity index is 1.51. The van der Waals surface area contributed by atoms with Crippen LogP contribution in [0.15, 0.2) is 76.5 Å². The van der Waals surface area contributed by atoms with Gasteiger partial charge in [0, 0.05) is 10.4 Å². The highest BCUT2D eigenvalue weighted by Gasteiger charge is 2.17. The standard InChI is InChI=1S/C23H18N2O3S/c1-16-7-5-8-17(13-16)14-19(20-11-6-12-29-20)23(26)27-15-21-24-25-22(28-21)18-9-3-2-4-10-18/h2-14H,15H2,1H3/b19-14+. The van der Waals surface area contributed by atoms with E-state index in [1.54, 1.807) is 0 Å². The van der Waals surface area contributed by atoms with Gasteiger partial charge in [-0.15, -0.1) is 21.5 Å². The first kappa shape index (κ1) is 18.8. The topological polar surface area (TPSA) is 65.2 Å². The third kappa shape index (κ3) is 4.67. The summed E-state index contributed by atoms with van der Waals surface area (Å²) in [5.41, 5.74) is 3.37. The van der Waals surface area contributed by atoms with Crippen molar-refractivity contribution in [3.05, 3.63) is 94.0 Å². The van der Waals surface area contributed by atoms with E-state index in [1.807, 2.05) is 85.1 Å². The van der Waals surface area contributed by atoms with Gasteiger partial charge in [0.1, 0.15) is 0 Å². The van der Waals surface area contributed by atoms with Crippen LogP contribution in [-0.4, -0.2) is 16.2 Å². The molecule has 2 aromatic carbocycles. The highest BCUT2D eigenvalue weighted by atomic mass is 32.1. The predicted octanol–water partition coefficient (Wildman–Crippen LogP) is 5.39. The van der Waals surface area contributed by atoms with E-state index < -0.39 is 5.97 Å². The Morgan fingerprint density at radius 1 is 1.07 bits per heavy atom. The van der Waals surface area contributed by atoms with Crippen molar-refractivity contribution in [1.29, 1.82) is 0 Å². The summed E-state index contributed by atoms with van der Waals surface area (Å²) in [7, 11) is 0. The Morgan fingerprint density at radius 3 is 2.69 bits per heavy atom. The second-order valence-corrected chi connectivity index (χ2v) is 7.34. The molecule has 2 aromatic heterocycles. The lowest BCUT2D eigenvalue weighted by molar-refractivity contribution is -0.138. The molecule has 6 heteroatoms. The number of hydrogen-bond donors (Lipinski definition) is 0. The number of ether oxygens (including phenoxy) is 1. The molecular weight excluding hydrogens is 384 g/mol. The van der Waals surface area contributed by atoms with Gasteiger partial charge >= 0.3 is 5.97 Å². The molecule has 0 saturated carbocycles. The summed E-state index contributed by atoms with van der Waals surface area (Å²) in [6, 6.07) is 21.2. The number of esters is 1. The van der Waals surface area contributed by atoms with Gasteiger partial charge in [-0.25, -0.2) is 4.79 Å². The van der Waals surface area contributed by atoms with Gasteiger partial charge in [-0.3, -0.25) is 0 Å². The SMILES string of the molecule is Cc1cccc(/C=C(/C(=O)OCc2nnc(-c3ccccc3)o2)c2cccs2)c1. The van der Waals surface area contributed by atoms with Crippen LogP contribution in [-0.2, 0) is 16.1 Å². The number of aryl methyl sites for hydroxylation is 1. The van der Waals surface area contributed by atoms with Crippen LogP contribution >= 0.6 is 11.3 Å². The van der Waals surface area contributed by atoms with E-state index in [9.17, 15) is 4.79 Å². The number of thiophene rings is 1. The number of nitrogens with zero attached hydrogens (tertiary/aromatic N) is 2. The van der Waals surface area contributed by atoms with Crippen LogP contribution in [0.3, 0.4) is 0 Å². The third-order valence-electron chi connectivity index (χ3n) is 4.17. The van der Waals surface area contributed by atoms with Gasteiger partial charge in [0.05, 0.1) is 5.57 Å². The number of carbonyl (C=O) groups excluding carboxylic acids is 1. The Kier molecular flexibility index (Phi) is 5.63. The molecule has 0 unspecified atom stereocenters. The number of aromatic nitrogens is 2. The quantitative estimate of drug-likeness (QED) is 0.319. The minimum absolute atomic E-state index is 0.0881. The van der Waals surface area contributed by atoms with Crippen molar-refractivity contribution in [2.24, 2.45) is 0 Å². The highest BCUT2D eigenvalue weighted by molar-refractivity contribution is 7.11. The monoisotopic (exact) mass is 402 g/mol. The maximum absolute atomic E-state index is 12.8. The first-order valence-electron chi connectivity index (χ1n) is 9.06. The molecule has 0 bridgehead atoms. The molecule has 144 valence electrons. The fourth-order valence-corrected chi connectivity index (χ4v) is 3.53. The summed E-state index contributed by atoms with van der Waals surface area (Å²) < 4.78 is 11.1. The molecule has 4 aromatic rings. The van der Waals surface area contributed by atoms with E-state index >= 15 is 0 Å². The molecule has 0 aliphatic rings. The molecule has 0 fully saturated rings. The summed E-state index contributed by atoms with van der Waals surface area (Å²) in [6.45, 7) is 1.93. The van der Waals surface area contributed by atoms with Crippen LogP contribution in [0.4, 0.5) is 0 Å². The zero-order valence-electron chi connectivity index (χ0n) is 15.7. The Hall–Kier alpha value is -3.51. The van der Waals surface area contributed by atoms with Crippen LogP contribution in [0.25, 0.3) is 23.1 Å². The molecule has 29 heavy (non-hydrogen) atoms. The van der Waals surface area contributed by atoms with Gasteiger partial charge in [0.15, 0.2) is 6.61 Å². The van der Waals surface area contributed by atoms with Crippen LogP contribution in [0.1, 0.15) is 21.9 Å². The molecule has 0 N–H and O–H groups in total. The lowest BCUT2D eigenvalue weighted by atomic mass is 10.1. The van der Waals surface area contributed by atoms with Crippen molar-refractivity contribution >= 4 is 29.0 Å². The van der Waals surface area contributed by atoms with E-state index in [0.29, 0.717) is 11.5 Å². The van der Waals surface area contributed by atoms with Gasteiger partial charge < -0.3 is 9.15 Å². The van der Waals surface area contributed by atoms with Crippen LogP contribution in [0, 0.1) is 6.92 Å². The summed E-state index contributed by atoms with van der Waals surface area (Å²) in [6.07, 6.45) is 1.84. The Morgan fingerprint density at radius 2 is 1.93 bits per heavy atom. The van der Waals surface area contributed by atoms with E-state index in [1.165, 1.54) is 11.3 Å². The first-order chi connectivity index (χ1) is 14.2. The minimum atomic E-state index is -0.437. The maximum atomic E-state index is 12.8. The molecular formula is C23H18N2O3S. The van der Waals surface area contributed by atoms with E-state index in [-0.39, 0.29) is 12.5 Å². The molecule has 2 heterocycles. The number of hydrogen-bond acceptors (Lipinski definition) is 6. The fourth-order valence-electron chi connectivity index (χ4n) is 2.80. The lowest BCUT2D eigenvalue weighted by Gasteiger charge is -2.06. The molecule has 4 rings (SSSR count). The van der Waals surface area contributed by atoms with Crippen LogP contribution < -0.4 is 0 Å². The molecule has 0 atom stereocenters. The van der Waals surface area contributed by atoms with Crippen molar-refractivity contribution in [1.82, 2.24) is 10.2 Å². The van der Waals surface area contributed by atoms with Crippen molar-refractivity contribution < 1.29 is 13.9 Å². The second-order valence-electron chi connectivity index (χ2n) is 6.39. The van der Waals surface area contributed by atoms with Gasteiger partial charge in [0.2, 0.25) is 5.89 Å². The lowest BCUT2D eigenvalue weighted by Crippen LogP contribution is -2.07. The van der Waals surface area contributed by atoms with E-state index in [2.05, 4.69) is 10.2 Å². The van der Waals surface area contributed by atoms with Gasteiger partial charge in [-0.1, -0.05) is 54.1 Å². The Bertz CT molecular complexity index is 1130. The molecule has 0 spiro atoms. The number of rotatable bonds is 6. The Labute approximate surface area is 172 Å². The smallest absolute Gasteiger partial charge is 0.340 e. The zero-order valence-corrected chi connectivity index (χ0v) is 16.6. The van der Waals surface area contributed by atoms with Crippen molar-refractivity contribution in [3.8, 4) is 11.5 Å². The zero-order chi connectivity index (χ0) is 20.1. The molecule has 0 saturated heterocycles. The number of benzene rings is 2. The van der Waals surface area contributed by atoms with Crippen LogP contribution in [0.2, 0.25) is 0 Å². The minimum Gasteiger partial charge on any atom is -0.452 e. The average molecular weight is 402 g/mol. The summed E-state index contributed by atoms with van der Waals surface area (Å²) in [4.78, 5) is 13.6. The van der Waals surface area contributed by atoms with Crippen LogP contribution in [0.5, 0.6) is 0 Å². The largest absolute Gasteiger partial charge is 0.452 e. The van der Waals surface area contributed by atoms with E-state index in [0.717, 1.165) is 21.6 Å². The van der Waals surface area contributed by atoms with Gasteiger partial charge in [-0.05, 0) is 42.1 Å². The predicted molar refractivity (Wildman–Crippen MR) is 113 cm³/mol. The van der Waals surface area contributed by atoms with Gasteiger partial charge in [0.25, 0.3) is 5.89 Å². The van der Waals surface area contributed by atoms with E-state index in [4.69, 9.17) is 9.15 Å². The highest BCUT2D eigenvalue weighted by Crippen LogP contribution is 2.25. The average Bonchev–Trinajstić information content (AvgIpc) is 3.43. The summed E-state index contributed by atoms with van der Waals surface area (Å²) >= 11 is 1.49. The molecule has 5 nitrogen and oxygen atoms in total. The summed E-state index contributed by atoms with van der Waals surface area (Å²) in [5, 5.41) is 9.91. The number of carbonyl (C=O) groups is 1. The second kappa shape index (κ2) is 8.67. The third-order valence-corrected chi connectivity index (χ3v) is 5.08. The van der Waals surface area contributed by atoms with Crippen molar-refractivity contribution in [2.45, 2.75) is 13.5 Å².